The van der Waals surface area contributed by atoms with Crippen LogP contribution in [0.2, 0.25) is 0 Å². The standard InChI is InChI=1S/C31H33N3O5S/c1-19-11-20(2)24-15-23(30(35)33-25(24)12-19)17-34(16-22-6-8-27-29(14-22)39-18-38-27)31(40)32-10-9-21-5-7-26(36-3)28(13-21)37-4/h5-8,11-15H,9-10,16-18H2,1-4H3,(H,32,40)(H,33,35). The van der Waals surface area contributed by atoms with Crippen LogP contribution in [0.4, 0.5) is 0 Å². The summed E-state index contributed by atoms with van der Waals surface area (Å²) >= 11 is 5.86. The number of hydrogen-bond acceptors (Lipinski definition) is 6. The van der Waals surface area contributed by atoms with Crippen LogP contribution in [0.1, 0.15) is 27.8 Å². The minimum Gasteiger partial charge on any atom is -0.493 e. The van der Waals surface area contributed by atoms with Crippen molar-refractivity contribution in [2.75, 3.05) is 27.6 Å². The third kappa shape index (κ3) is 5.99. The topological polar surface area (TPSA) is 85.1 Å². The maximum absolute atomic E-state index is 13.1. The zero-order chi connectivity index (χ0) is 28.2. The molecule has 0 fully saturated rings. The van der Waals surface area contributed by atoms with E-state index in [1.165, 1.54) is 0 Å². The number of pyridine rings is 1. The molecule has 0 unspecified atom stereocenters. The first-order valence-electron chi connectivity index (χ1n) is 13.1. The Bertz CT molecular complexity index is 1620. The van der Waals surface area contributed by atoms with E-state index in [1.807, 2.05) is 60.4 Å². The van der Waals surface area contributed by atoms with Crippen LogP contribution in [0.3, 0.4) is 0 Å². The summed E-state index contributed by atoms with van der Waals surface area (Å²) in [6.07, 6.45) is 0.730. The van der Waals surface area contributed by atoms with Gasteiger partial charge in [0.2, 0.25) is 6.79 Å². The number of aryl methyl sites for hydroxylation is 2. The van der Waals surface area contributed by atoms with E-state index in [0.717, 1.165) is 45.3 Å². The number of aromatic amines is 1. The van der Waals surface area contributed by atoms with Gasteiger partial charge in [0.1, 0.15) is 0 Å². The van der Waals surface area contributed by atoms with Crippen LogP contribution in [-0.4, -0.2) is 42.6 Å². The summed E-state index contributed by atoms with van der Waals surface area (Å²) in [6, 6.07) is 17.8. The molecule has 0 aliphatic carbocycles. The summed E-state index contributed by atoms with van der Waals surface area (Å²) in [5.74, 6) is 2.81. The molecular weight excluding hydrogens is 526 g/mol. The maximum Gasteiger partial charge on any atom is 0.253 e. The Morgan fingerprint density at radius 2 is 1.73 bits per heavy atom. The molecule has 0 saturated carbocycles. The number of fused-ring (bicyclic) bond motifs is 2. The Hall–Kier alpha value is -4.24. The second-order valence-electron chi connectivity index (χ2n) is 9.88. The van der Waals surface area contributed by atoms with E-state index >= 15 is 0 Å². The van der Waals surface area contributed by atoms with Gasteiger partial charge in [0, 0.05) is 29.6 Å². The average molecular weight is 560 g/mol. The van der Waals surface area contributed by atoms with E-state index in [-0.39, 0.29) is 12.4 Å². The largest absolute Gasteiger partial charge is 0.493 e. The number of nitrogens with one attached hydrogen (secondary N) is 2. The molecule has 3 aromatic carbocycles. The summed E-state index contributed by atoms with van der Waals surface area (Å²) in [5, 5.41) is 4.96. The summed E-state index contributed by atoms with van der Waals surface area (Å²) in [4.78, 5) is 18.2. The van der Waals surface area contributed by atoms with Crippen LogP contribution in [0.15, 0.2) is 59.4 Å². The summed E-state index contributed by atoms with van der Waals surface area (Å²) in [5.41, 5.74) is 5.67. The van der Waals surface area contributed by atoms with Gasteiger partial charge in [0.15, 0.2) is 28.1 Å². The van der Waals surface area contributed by atoms with Crippen molar-refractivity contribution in [3.8, 4) is 23.0 Å². The number of benzene rings is 3. The molecule has 40 heavy (non-hydrogen) atoms. The number of nitrogens with zero attached hydrogens (tertiary/aromatic N) is 1. The van der Waals surface area contributed by atoms with E-state index in [2.05, 4.69) is 23.3 Å². The number of methoxy groups -OCH3 is 2. The van der Waals surface area contributed by atoms with E-state index in [1.54, 1.807) is 14.2 Å². The Labute approximate surface area is 238 Å². The van der Waals surface area contributed by atoms with Crippen LogP contribution >= 0.6 is 12.2 Å². The molecule has 1 aliphatic heterocycles. The van der Waals surface area contributed by atoms with Gasteiger partial charge in [0.25, 0.3) is 5.56 Å². The van der Waals surface area contributed by atoms with E-state index in [4.69, 9.17) is 31.2 Å². The lowest BCUT2D eigenvalue weighted by Gasteiger charge is -2.26. The number of H-pyrrole nitrogens is 1. The molecule has 0 radical (unpaired) electrons. The highest BCUT2D eigenvalue weighted by Gasteiger charge is 2.18. The Balaban J connectivity index is 1.37. The number of aromatic nitrogens is 1. The number of ether oxygens (including phenoxy) is 4. The molecule has 1 aromatic heterocycles. The number of hydrogen-bond donors (Lipinski definition) is 2. The van der Waals surface area contributed by atoms with Crippen molar-refractivity contribution in [1.82, 2.24) is 15.2 Å². The van der Waals surface area contributed by atoms with Crippen molar-refractivity contribution < 1.29 is 18.9 Å². The predicted octanol–water partition coefficient (Wildman–Crippen LogP) is 5.01. The van der Waals surface area contributed by atoms with Crippen molar-refractivity contribution in [1.29, 1.82) is 0 Å². The van der Waals surface area contributed by atoms with Gasteiger partial charge in [-0.25, -0.2) is 0 Å². The highest BCUT2D eigenvalue weighted by Crippen LogP contribution is 2.33. The summed E-state index contributed by atoms with van der Waals surface area (Å²) in [6.45, 7) is 5.74. The monoisotopic (exact) mass is 559 g/mol. The van der Waals surface area contributed by atoms with Gasteiger partial charge in [-0.05, 0) is 91.1 Å². The molecule has 208 valence electrons. The molecular formula is C31H33N3O5S. The normalized spacial score (nSPS) is 11.9. The van der Waals surface area contributed by atoms with Gasteiger partial charge in [0.05, 0.1) is 20.8 Å². The molecule has 0 amide bonds. The molecule has 9 heteroatoms. The lowest BCUT2D eigenvalue weighted by molar-refractivity contribution is 0.174. The van der Waals surface area contributed by atoms with Crippen molar-refractivity contribution in [3.63, 3.8) is 0 Å². The molecule has 8 nitrogen and oxygen atoms in total. The quantitative estimate of drug-likeness (QED) is 0.277. The van der Waals surface area contributed by atoms with E-state index < -0.39 is 0 Å². The Kier molecular flexibility index (Phi) is 8.11. The van der Waals surface area contributed by atoms with Gasteiger partial charge in [-0.3, -0.25) is 4.79 Å². The summed E-state index contributed by atoms with van der Waals surface area (Å²) in [7, 11) is 3.25. The molecule has 2 heterocycles. The minimum absolute atomic E-state index is 0.124. The Morgan fingerprint density at radius 3 is 2.52 bits per heavy atom. The molecule has 0 spiro atoms. The van der Waals surface area contributed by atoms with Gasteiger partial charge in [-0.2, -0.15) is 0 Å². The fourth-order valence-corrected chi connectivity index (χ4v) is 5.19. The van der Waals surface area contributed by atoms with E-state index in [9.17, 15) is 4.79 Å². The molecule has 0 saturated heterocycles. The number of rotatable bonds is 9. The third-order valence-corrected chi connectivity index (χ3v) is 7.39. The Morgan fingerprint density at radius 1 is 0.950 bits per heavy atom. The average Bonchev–Trinajstić information content (AvgIpc) is 3.41. The van der Waals surface area contributed by atoms with Crippen molar-refractivity contribution in [2.45, 2.75) is 33.4 Å². The first-order valence-corrected chi connectivity index (χ1v) is 13.5. The summed E-state index contributed by atoms with van der Waals surface area (Å²) < 4.78 is 21.8. The van der Waals surface area contributed by atoms with Crippen LogP contribution in [0.25, 0.3) is 10.9 Å². The molecule has 2 N–H and O–H groups in total. The van der Waals surface area contributed by atoms with Crippen LogP contribution in [-0.2, 0) is 19.5 Å². The molecule has 5 rings (SSSR count). The highest BCUT2D eigenvalue weighted by atomic mass is 32.1. The van der Waals surface area contributed by atoms with Gasteiger partial charge >= 0.3 is 0 Å². The molecule has 0 atom stereocenters. The molecule has 0 bridgehead atoms. The molecule has 1 aliphatic rings. The zero-order valence-corrected chi connectivity index (χ0v) is 23.9. The van der Waals surface area contributed by atoms with Crippen molar-refractivity contribution in [3.05, 3.63) is 92.8 Å². The minimum atomic E-state index is -0.124. The van der Waals surface area contributed by atoms with E-state index in [0.29, 0.717) is 47.6 Å². The fraction of sp³-hybridized carbons (Fsp3) is 0.290. The lowest BCUT2D eigenvalue weighted by Crippen LogP contribution is -2.40. The first kappa shape index (κ1) is 27.3. The molecule has 4 aromatic rings. The van der Waals surface area contributed by atoms with Crippen LogP contribution in [0.5, 0.6) is 23.0 Å². The second kappa shape index (κ2) is 11.9. The lowest BCUT2D eigenvalue weighted by atomic mass is 10.0. The maximum atomic E-state index is 13.1. The zero-order valence-electron chi connectivity index (χ0n) is 23.1. The SMILES string of the molecule is COc1ccc(CCNC(=S)N(Cc2ccc3c(c2)OCO3)Cc2cc3c(C)cc(C)cc3[nH]c2=O)cc1OC. The van der Waals surface area contributed by atoms with Gasteiger partial charge < -0.3 is 34.1 Å². The van der Waals surface area contributed by atoms with Crippen molar-refractivity contribution in [2.24, 2.45) is 0 Å². The van der Waals surface area contributed by atoms with Crippen LogP contribution < -0.4 is 29.8 Å². The van der Waals surface area contributed by atoms with Crippen molar-refractivity contribution >= 4 is 28.2 Å². The van der Waals surface area contributed by atoms with Crippen LogP contribution in [0, 0.1) is 13.8 Å². The highest BCUT2D eigenvalue weighted by molar-refractivity contribution is 7.80. The predicted molar refractivity (Wildman–Crippen MR) is 160 cm³/mol. The third-order valence-electron chi connectivity index (χ3n) is 6.99. The smallest absolute Gasteiger partial charge is 0.253 e. The van der Waals surface area contributed by atoms with Gasteiger partial charge in [-0.15, -0.1) is 0 Å². The first-order chi connectivity index (χ1) is 19.3. The number of thiocarbonyl (C=S) groups is 1. The van der Waals surface area contributed by atoms with Gasteiger partial charge in [-0.1, -0.05) is 18.2 Å². The second-order valence-corrected chi connectivity index (χ2v) is 10.3. The fourth-order valence-electron chi connectivity index (χ4n) is 4.96.